The average Bonchev–Trinajstić information content (AvgIpc) is 3.45. The molecule has 1 aromatic carbocycles. The van der Waals surface area contributed by atoms with Crippen molar-refractivity contribution in [1.29, 1.82) is 0 Å². The van der Waals surface area contributed by atoms with E-state index in [2.05, 4.69) is 10.1 Å². The van der Waals surface area contributed by atoms with Crippen molar-refractivity contribution in [1.82, 2.24) is 29.7 Å². The van der Waals surface area contributed by atoms with Crippen molar-refractivity contribution in [3.63, 3.8) is 0 Å². The molecule has 1 unspecified atom stereocenters. The Hall–Kier alpha value is -2.91. The van der Waals surface area contributed by atoms with Crippen LogP contribution in [0.2, 0.25) is 10.0 Å². The first-order valence-corrected chi connectivity index (χ1v) is 12.4. The summed E-state index contributed by atoms with van der Waals surface area (Å²) in [5, 5.41) is 9.47. The van der Waals surface area contributed by atoms with Gasteiger partial charge in [0.25, 0.3) is 11.8 Å². The molecule has 0 aliphatic carbocycles. The SMILES string of the molecule is CC(C)c1noc(C(C)N2CCn3nc4c(c3C2=O)CN(C(=O)c2ccc(Cl)c(Cl)c2)[C@H](C)C4)n1. The number of carbonyl (C=O) groups excluding carboxylic acids is 2. The molecule has 4 heterocycles. The summed E-state index contributed by atoms with van der Waals surface area (Å²) in [6.45, 7) is 9.17. The zero-order valence-electron chi connectivity index (χ0n) is 20.0. The van der Waals surface area contributed by atoms with Crippen molar-refractivity contribution in [3.8, 4) is 0 Å². The predicted molar refractivity (Wildman–Crippen MR) is 130 cm³/mol. The van der Waals surface area contributed by atoms with E-state index in [1.165, 1.54) is 0 Å². The molecule has 2 aliphatic rings. The zero-order valence-corrected chi connectivity index (χ0v) is 21.5. The van der Waals surface area contributed by atoms with E-state index >= 15 is 0 Å². The summed E-state index contributed by atoms with van der Waals surface area (Å²) in [5.41, 5.74) is 2.61. The minimum absolute atomic E-state index is 0.0839. The summed E-state index contributed by atoms with van der Waals surface area (Å²) in [5.74, 6) is 0.838. The number of nitrogens with zero attached hydrogens (tertiary/aromatic N) is 6. The summed E-state index contributed by atoms with van der Waals surface area (Å²) in [4.78, 5) is 35.0. The highest BCUT2D eigenvalue weighted by molar-refractivity contribution is 6.42. The number of aromatic nitrogens is 4. The molecule has 5 rings (SSSR count). The van der Waals surface area contributed by atoms with Crippen molar-refractivity contribution in [2.24, 2.45) is 0 Å². The van der Waals surface area contributed by atoms with Crippen LogP contribution in [0.1, 0.15) is 83.5 Å². The average molecular weight is 517 g/mol. The summed E-state index contributed by atoms with van der Waals surface area (Å²) in [6.07, 6.45) is 0.562. The highest BCUT2D eigenvalue weighted by atomic mass is 35.5. The molecule has 35 heavy (non-hydrogen) atoms. The van der Waals surface area contributed by atoms with E-state index < -0.39 is 0 Å². The monoisotopic (exact) mass is 516 g/mol. The summed E-state index contributed by atoms with van der Waals surface area (Å²) >= 11 is 12.2. The van der Waals surface area contributed by atoms with Crippen LogP contribution in [0.5, 0.6) is 0 Å². The van der Waals surface area contributed by atoms with Crippen LogP contribution in [0.15, 0.2) is 22.7 Å². The number of hydrogen-bond acceptors (Lipinski definition) is 6. The third-order valence-corrected chi connectivity index (χ3v) is 7.46. The van der Waals surface area contributed by atoms with E-state index in [1.54, 1.807) is 32.7 Å². The normalized spacial score (nSPS) is 18.6. The fourth-order valence-corrected chi connectivity index (χ4v) is 4.96. The maximum absolute atomic E-state index is 13.7. The zero-order chi connectivity index (χ0) is 25.0. The first kappa shape index (κ1) is 23.8. The lowest BCUT2D eigenvalue weighted by atomic mass is 9.97. The lowest BCUT2D eigenvalue weighted by Gasteiger charge is -2.34. The molecule has 2 aromatic heterocycles. The molecule has 0 spiro atoms. The van der Waals surface area contributed by atoms with Crippen LogP contribution in [0.3, 0.4) is 0 Å². The van der Waals surface area contributed by atoms with Crippen LogP contribution >= 0.6 is 23.2 Å². The lowest BCUT2D eigenvalue weighted by Crippen LogP contribution is -2.44. The molecule has 0 bridgehead atoms. The number of fused-ring (bicyclic) bond motifs is 3. The van der Waals surface area contributed by atoms with Crippen molar-refractivity contribution in [3.05, 3.63) is 62.5 Å². The van der Waals surface area contributed by atoms with Gasteiger partial charge in [-0.15, -0.1) is 0 Å². The molecular weight excluding hydrogens is 491 g/mol. The predicted octanol–water partition coefficient (Wildman–Crippen LogP) is 4.50. The van der Waals surface area contributed by atoms with Crippen molar-refractivity contribution < 1.29 is 14.1 Å². The minimum Gasteiger partial charge on any atom is -0.337 e. The van der Waals surface area contributed by atoms with E-state index in [0.29, 0.717) is 52.5 Å². The van der Waals surface area contributed by atoms with Crippen LogP contribution in [0.4, 0.5) is 0 Å². The van der Waals surface area contributed by atoms with Gasteiger partial charge in [0.15, 0.2) is 5.82 Å². The second-order valence-electron chi connectivity index (χ2n) is 9.43. The Morgan fingerprint density at radius 3 is 2.63 bits per heavy atom. The summed E-state index contributed by atoms with van der Waals surface area (Å²) in [6, 6.07) is 4.39. The second-order valence-corrected chi connectivity index (χ2v) is 10.2. The third kappa shape index (κ3) is 4.10. The van der Waals surface area contributed by atoms with Gasteiger partial charge >= 0.3 is 0 Å². The Morgan fingerprint density at radius 2 is 1.94 bits per heavy atom. The van der Waals surface area contributed by atoms with Gasteiger partial charge in [-0.3, -0.25) is 14.3 Å². The topological polar surface area (TPSA) is 97.4 Å². The van der Waals surface area contributed by atoms with Crippen LogP contribution in [0.25, 0.3) is 0 Å². The van der Waals surface area contributed by atoms with Gasteiger partial charge in [-0.2, -0.15) is 10.1 Å². The van der Waals surface area contributed by atoms with Gasteiger partial charge in [0.05, 0.1) is 28.8 Å². The summed E-state index contributed by atoms with van der Waals surface area (Å²) < 4.78 is 7.22. The molecule has 9 nitrogen and oxygen atoms in total. The number of amides is 2. The van der Waals surface area contributed by atoms with Gasteiger partial charge < -0.3 is 14.3 Å². The Bertz CT molecular complexity index is 1320. The van der Waals surface area contributed by atoms with Crippen molar-refractivity contribution >= 4 is 35.0 Å². The van der Waals surface area contributed by atoms with Gasteiger partial charge in [-0.1, -0.05) is 42.2 Å². The van der Waals surface area contributed by atoms with Gasteiger partial charge in [-0.05, 0) is 32.0 Å². The fraction of sp³-hybridized carbons (Fsp3) is 0.458. The Balaban J connectivity index is 1.43. The van der Waals surface area contributed by atoms with Crippen molar-refractivity contribution in [2.75, 3.05) is 6.54 Å². The Morgan fingerprint density at radius 1 is 1.17 bits per heavy atom. The second kappa shape index (κ2) is 8.95. The van der Waals surface area contributed by atoms with Gasteiger partial charge in [0.1, 0.15) is 11.7 Å². The lowest BCUT2D eigenvalue weighted by molar-refractivity contribution is 0.0576. The van der Waals surface area contributed by atoms with E-state index in [-0.39, 0.29) is 36.4 Å². The largest absolute Gasteiger partial charge is 0.337 e. The molecule has 3 aromatic rings. The molecule has 2 amide bonds. The molecular formula is C24H26Cl2N6O3. The smallest absolute Gasteiger partial charge is 0.273 e. The standard InChI is InChI=1S/C24H26Cl2N6O3/c1-12(2)21-27-22(35-29-21)14(4)30-7-8-32-20(24(30)34)16-11-31(13(3)9-19(16)28-32)23(33)15-5-6-17(25)18(26)10-15/h5-6,10,12-14H,7-9,11H2,1-4H3/t13-,14?/m1/s1. The van der Waals surface area contributed by atoms with E-state index in [9.17, 15) is 9.59 Å². The first-order valence-electron chi connectivity index (χ1n) is 11.6. The van der Waals surface area contributed by atoms with Crippen molar-refractivity contribution in [2.45, 2.75) is 65.2 Å². The fourth-order valence-electron chi connectivity index (χ4n) is 4.66. The highest BCUT2D eigenvalue weighted by Crippen LogP contribution is 2.33. The Labute approximate surface area is 213 Å². The van der Waals surface area contributed by atoms with Crippen LogP contribution < -0.4 is 0 Å². The number of carbonyl (C=O) groups is 2. The van der Waals surface area contributed by atoms with Crippen LogP contribution in [-0.2, 0) is 19.5 Å². The van der Waals surface area contributed by atoms with E-state index in [1.807, 2.05) is 27.7 Å². The van der Waals surface area contributed by atoms with Gasteiger partial charge in [0, 0.05) is 36.1 Å². The summed E-state index contributed by atoms with van der Waals surface area (Å²) in [7, 11) is 0. The number of halogens is 2. The molecule has 0 N–H and O–H groups in total. The molecule has 0 radical (unpaired) electrons. The number of benzene rings is 1. The molecule has 2 atom stereocenters. The molecule has 184 valence electrons. The number of rotatable bonds is 4. The molecule has 0 saturated heterocycles. The molecule has 2 aliphatic heterocycles. The Kier molecular flexibility index (Phi) is 6.09. The van der Waals surface area contributed by atoms with Gasteiger partial charge in [-0.25, -0.2) is 0 Å². The van der Waals surface area contributed by atoms with E-state index in [0.717, 1.165) is 11.3 Å². The van der Waals surface area contributed by atoms with E-state index in [4.69, 9.17) is 32.8 Å². The molecule has 0 fully saturated rings. The quantitative estimate of drug-likeness (QED) is 0.506. The maximum atomic E-state index is 13.7. The molecule has 0 saturated carbocycles. The third-order valence-electron chi connectivity index (χ3n) is 6.73. The molecule has 11 heteroatoms. The maximum Gasteiger partial charge on any atom is 0.273 e. The van der Waals surface area contributed by atoms with Crippen LogP contribution in [-0.4, -0.2) is 54.1 Å². The van der Waals surface area contributed by atoms with Crippen LogP contribution in [0, 0.1) is 0 Å². The first-order chi connectivity index (χ1) is 16.7. The highest BCUT2D eigenvalue weighted by Gasteiger charge is 2.39. The van der Waals surface area contributed by atoms with Gasteiger partial charge in [0.2, 0.25) is 5.89 Å². The minimum atomic E-state index is -0.377. The number of hydrogen-bond donors (Lipinski definition) is 0.